The van der Waals surface area contributed by atoms with Gasteiger partial charge in [0.1, 0.15) is 0 Å². The first kappa shape index (κ1) is 15.7. The highest BCUT2D eigenvalue weighted by atomic mass is 32.2. The Morgan fingerprint density at radius 1 is 1.33 bits per heavy atom. The summed E-state index contributed by atoms with van der Waals surface area (Å²) >= 11 is 0. The van der Waals surface area contributed by atoms with E-state index in [1.807, 2.05) is 0 Å². The number of nitrogen functional groups attached to an aromatic ring is 1. The molecule has 5 N–H and O–H groups in total. The van der Waals surface area contributed by atoms with Crippen LogP contribution in [0.2, 0.25) is 0 Å². The number of nitrogens with two attached hydrogens (primary N) is 1. The van der Waals surface area contributed by atoms with E-state index in [1.165, 1.54) is 6.07 Å². The average Bonchev–Trinajstić information content (AvgIpc) is 2.84. The van der Waals surface area contributed by atoms with Gasteiger partial charge < -0.3 is 15.9 Å². The number of hydrogen-bond donors (Lipinski definition) is 4. The van der Waals surface area contributed by atoms with E-state index in [0.717, 1.165) is 25.0 Å². The molecule has 2 rings (SSSR count). The molecular formula is C13H18N2O5S. The molecule has 21 heavy (non-hydrogen) atoms. The number of hydrogen-bond acceptors (Lipinski definition) is 5. The summed E-state index contributed by atoms with van der Waals surface area (Å²) in [6.07, 6.45) is 2.74. The van der Waals surface area contributed by atoms with E-state index in [9.17, 15) is 18.3 Å². The number of carboxylic acid groups (broad SMARTS) is 1. The van der Waals surface area contributed by atoms with Crippen molar-refractivity contribution < 1.29 is 23.4 Å². The number of anilines is 1. The fourth-order valence-corrected chi connectivity index (χ4v) is 3.81. The summed E-state index contributed by atoms with van der Waals surface area (Å²) in [6.45, 7) is -0.136. The molecule has 116 valence electrons. The maximum Gasteiger partial charge on any atom is 0.337 e. The first-order chi connectivity index (χ1) is 9.73. The molecule has 0 saturated heterocycles. The first-order valence-corrected chi connectivity index (χ1v) is 8.07. The Morgan fingerprint density at radius 2 is 1.95 bits per heavy atom. The van der Waals surface area contributed by atoms with Crippen LogP contribution in [0.15, 0.2) is 23.1 Å². The molecule has 1 fully saturated rings. The smallest absolute Gasteiger partial charge is 0.337 e. The van der Waals surface area contributed by atoms with E-state index < -0.39 is 26.5 Å². The molecule has 1 saturated carbocycles. The molecule has 0 atom stereocenters. The van der Waals surface area contributed by atoms with E-state index in [4.69, 9.17) is 10.8 Å². The van der Waals surface area contributed by atoms with Crippen molar-refractivity contribution >= 4 is 21.7 Å². The van der Waals surface area contributed by atoms with Crippen LogP contribution in [0.3, 0.4) is 0 Å². The van der Waals surface area contributed by atoms with E-state index >= 15 is 0 Å². The summed E-state index contributed by atoms with van der Waals surface area (Å²) < 4.78 is 26.8. The molecule has 0 aliphatic heterocycles. The van der Waals surface area contributed by atoms with Crippen LogP contribution < -0.4 is 10.5 Å². The van der Waals surface area contributed by atoms with Crippen LogP contribution >= 0.6 is 0 Å². The monoisotopic (exact) mass is 314 g/mol. The first-order valence-electron chi connectivity index (χ1n) is 6.58. The number of sulfonamides is 1. The van der Waals surface area contributed by atoms with Crippen molar-refractivity contribution in [3.8, 4) is 0 Å². The number of aromatic carboxylic acids is 1. The molecule has 0 unspecified atom stereocenters. The molecule has 0 aromatic heterocycles. The normalized spacial score (nSPS) is 17.8. The average molecular weight is 314 g/mol. The number of rotatable bonds is 5. The lowest BCUT2D eigenvalue weighted by Crippen LogP contribution is -2.41. The zero-order chi connectivity index (χ0) is 15.7. The summed E-state index contributed by atoms with van der Waals surface area (Å²) in [4.78, 5) is 10.7. The van der Waals surface area contributed by atoms with Crippen LogP contribution in [0.4, 0.5) is 5.69 Å². The molecule has 8 heteroatoms. The van der Waals surface area contributed by atoms with Gasteiger partial charge in [-0.3, -0.25) is 0 Å². The van der Waals surface area contributed by atoms with Gasteiger partial charge in [-0.2, -0.15) is 0 Å². The minimum Gasteiger partial charge on any atom is -0.478 e. The number of aliphatic hydroxyl groups is 1. The fourth-order valence-electron chi connectivity index (χ4n) is 2.45. The molecule has 1 aromatic carbocycles. The van der Waals surface area contributed by atoms with E-state index in [-0.39, 0.29) is 17.8 Å². The Hall–Kier alpha value is -1.64. The summed E-state index contributed by atoms with van der Waals surface area (Å²) in [7, 11) is -4.05. The van der Waals surface area contributed by atoms with Gasteiger partial charge in [-0.25, -0.2) is 17.9 Å². The molecule has 0 spiro atoms. The molecule has 0 heterocycles. The van der Waals surface area contributed by atoms with Gasteiger partial charge in [-0.15, -0.1) is 0 Å². The minimum absolute atomic E-state index is 0.136. The van der Waals surface area contributed by atoms with Crippen molar-refractivity contribution in [2.24, 2.45) is 0 Å². The summed E-state index contributed by atoms with van der Waals surface area (Å²) in [5.41, 5.74) is 4.28. The third-order valence-electron chi connectivity index (χ3n) is 3.65. The second-order valence-electron chi connectivity index (χ2n) is 5.32. The predicted octanol–water partition coefficient (Wildman–Crippen LogP) is 0.550. The van der Waals surface area contributed by atoms with E-state index in [1.54, 1.807) is 0 Å². The highest BCUT2D eigenvalue weighted by Crippen LogP contribution is 2.29. The number of carboxylic acids is 1. The van der Waals surface area contributed by atoms with Gasteiger partial charge in [0.05, 0.1) is 16.1 Å². The Morgan fingerprint density at radius 3 is 2.52 bits per heavy atom. The van der Waals surface area contributed by atoms with Gasteiger partial charge >= 0.3 is 5.97 Å². The predicted molar refractivity (Wildman–Crippen MR) is 76.4 cm³/mol. The Kier molecular flexibility index (Phi) is 4.22. The molecule has 1 aromatic rings. The molecule has 1 aliphatic carbocycles. The lowest BCUT2D eigenvalue weighted by atomic mass is 10.0. The van der Waals surface area contributed by atoms with Gasteiger partial charge in [0.25, 0.3) is 0 Å². The van der Waals surface area contributed by atoms with Crippen molar-refractivity contribution in [2.75, 3.05) is 12.3 Å². The van der Waals surface area contributed by atoms with Gasteiger partial charge in [-0.1, -0.05) is 12.8 Å². The second kappa shape index (κ2) is 5.63. The Bertz CT molecular complexity index is 651. The minimum atomic E-state index is -4.05. The van der Waals surface area contributed by atoms with E-state index in [2.05, 4.69) is 4.72 Å². The van der Waals surface area contributed by atoms with Crippen LogP contribution in [0.1, 0.15) is 36.0 Å². The van der Waals surface area contributed by atoms with Crippen molar-refractivity contribution in [3.63, 3.8) is 0 Å². The number of nitrogens with one attached hydrogen (secondary N) is 1. The highest BCUT2D eigenvalue weighted by molar-refractivity contribution is 7.89. The third kappa shape index (κ3) is 3.52. The molecule has 0 radical (unpaired) electrons. The zero-order valence-corrected chi connectivity index (χ0v) is 12.2. The van der Waals surface area contributed by atoms with Crippen molar-refractivity contribution in [1.82, 2.24) is 4.72 Å². The maximum absolute atomic E-state index is 12.3. The molecule has 7 nitrogen and oxygen atoms in total. The largest absolute Gasteiger partial charge is 0.478 e. The second-order valence-corrected chi connectivity index (χ2v) is 7.05. The maximum atomic E-state index is 12.3. The Balaban J connectivity index is 2.27. The topological polar surface area (TPSA) is 130 Å². The van der Waals surface area contributed by atoms with Crippen LogP contribution in [0.5, 0.6) is 0 Å². The van der Waals surface area contributed by atoms with E-state index in [0.29, 0.717) is 12.8 Å². The molecule has 0 amide bonds. The van der Waals surface area contributed by atoms with Crippen LogP contribution in [0.25, 0.3) is 0 Å². The standard InChI is InChI=1S/C13H18N2O5S/c14-9-3-4-10(12(16)17)11(7-9)21(19,20)15-8-13(18)5-1-2-6-13/h3-4,7,15,18H,1-2,5-6,8,14H2,(H,16,17). The van der Waals surface area contributed by atoms with Gasteiger partial charge in [0.2, 0.25) is 10.0 Å². The van der Waals surface area contributed by atoms with Gasteiger partial charge in [-0.05, 0) is 31.0 Å². The van der Waals surface area contributed by atoms with Gasteiger partial charge in [0, 0.05) is 12.2 Å². The van der Waals surface area contributed by atoms with Crippen molar-refractivity contribution in [2.45, 2.75) is 36.2 Å². The molecule has 0 bridgehead atoms. The Labute approximate surface area is 122 Å². The van der Waals surface area contributed by atoms with Crippen molar-refractivity contribution in [3.05, 3.63) is 23.8 Å². The number of benzene rings is 1. The highest BCUT2D eigenvalue weighted by Gasteiger charge is 2.33. The zero-order valence-electron chi connectivity index (χ0n) is 11.4. The van der Waals surface area contributed by atoms with Crippen LogP contribution in [-0.2, 0) is 10.0 Å². The summed E-state index contributed by atoms with van der Waals surface area (Å²) in [5, 5.41) is 19.2. The quantitative estimate of drug-likeness (QED) is 0.587. The lowest BCUT2D eigenvalue weighted by Gasteiger charge is -2.22. The lowest BCUT2D eigenvalue weighted by molar-refractivity contribution is 0.0532. The molecule has 1 aliphatic rings. The summed E-state index contributed by atoms with van der Waals surface area (Å²) in [6, 6.07) is 3.58. The summed E-state index contributed by atoms with van der Waals surface area (Å²) in [5.74, 6) is -1.35. The SMILES string of the molecule is Nc1ccc(C(=O)O)c(S(=O)(=O)NCC2(O)CCCC2)c1. The van der Waals surface area contributed by atoms with Crippen molar-refractivity contribution in [1.29, 1.82) is 0 Å². The third-order valence-corrected chi connectivity index (χ3v) is 5.09. The van der Waals surface area contributed by atoms with Gasteiger partial charge in [0.15, 0.2) is 0 Å². The fraction of sp³-hybridized carbons (Fsp3) is 0.462. The molecular weight excluding hydrogens is 296 g/mol. The van der Waals surface area contributed by atoms with Crippen LogP contribution in [-0.4, -0.2) is 36.7 Å². The van der Waals surface area contributed by atoms with Crippen LogP contribution in [0, 0.1) is 0 Å². The number of carbonyl (C=O) groups is 1.